The monoisotopic (exact) mass is 961 g/mol. The molecule has 2 fully saturated rings. The topological polar surface area (TPSA) is 390 Å². The average Bonchev–Trinajstić information content (AvgIpc) is 3.40. The lowest BCUT2D eigenvalue weighted by Crippen LogP contribution is -2.46. The number of carbonyl (C=O) groups is 4. The number of anilines is 1. The van der Waals surface area contributed by atoms with Crippen molar-refractivity contribution in [2.45, 2.75) is 71.7 Å². The van der Waals surface area contributed by atoms with Crippen molar-refractivity contribution in [2.75, 3.05) is 44.9 Å². The lowest BCUT2D eigenvalue weighted by molar-refractivity contribution is -0.137. The fourth-order valence-corrected chi connectivity index (χ4v) is 10.2. The minimum absolute atomic E-state index is 0.0231. The predicted molar refractivity (Wildman–Crippen MR) is 214 cm³/mol. The molecule has 2 aromatic heterocycles. The van der Waals surface area contributed by atoms with Crippen molar-refractivity contribution < 1.29 is 90.0 Å². The van der Waals surface area contributed by atoms with Crippen molar-refractivity contribution in [1.82, 2.24) is 30.2 Å². The lowest BCUT2D eigenvalue weighted by Gasteiger charge is -2.30. The Morgan fingerprint density at radius 1 is 1.06 bits per heavy atom. The molecule has 3 heterocycles. The molecule has 26 nitrogen and oxygen atoms in total. The Hall–Kier alpha value is -3.23. The van der Waals surface area contributed by atoms with Crippen LogP contribution in [0.2, 0.25) is 0 Å². The largest absolute Gasteiger partial charge is 0.481 e. The van der Waals surface area contributed by atoms with Gasteiger partial charge in [-0.05, 0) is 18.3 Å². The van der Waals surface area contributed by atoms with Crippen LogP contribution in [0.5, 0.6) is 0 Å². The number of aromatic nitrogens is 4. The van der Waals surface area contributed by atoms with Crippen LogP contribution >= 0.6 is 35.2 Å². The number of nitrogens with two attached hydrogens (primary N) is 1. The minimum Gasteiger partial charge on any atom is -0.466 e. The average molecular weight is 962 g/mol. The fraction of sp³-hybridized carbons (Fsp3) is 0.656. The van der Waals surface area contributed by atoms with E-state index in [1.54, 1.807) is 13.0 Å². The van der Waals surface area contributed by atoms with Gasteiger partial charge in [0, 0.05) is 42.2 Å². The molecule has 4 rings (SSSR count). The number of aliphatic hydroxyl groups is 2. The molecule has 1 aliphatic carbocycles. The molecular weight excluding hydrogens is 911 g/mol. The van der Waals surface area contributed by atoms with Gasteiger partial charge in [0.15, 0.2) is 22.8 Å². The molecular formula is C32H50N7O19P3S. The molecule has 348 valence electrons. The number of nitrogens with zero attached hydrogens (tertiary/aromatic N) is 4. The number of phosphoric ester groups is 3. The van der Waals surface area contributed by atoms with Gasteiger partial charge in [0.1, 0.15) is 36.3 Å². The molecule has 0 aromatic carbocycles. The molecule has 1 aliphatic heterocycles. The molecule has 9 atom stereocenters. The highest BCUT2D eigenvalue weighted by Crippen LogP contribution is 2.62. The van der Waals surface area contributed by atoms with Crippen LogP contribution < -0.4 is 16.4 Å². The van der Waals surface area contributed by atoms with E-state index >= 15 is 0 Å². The molecule has 0 radical (unpaired) electrons. The maximum Gasteiger partial charge on any atom is 0.481 e. The van der Waals surface area contributed by atoms with Crippen molar-refractivity contribution in [1.29, 1.82) is 0 Å². The van der Waals surface area contributed by atoms with Crippen molar-refractivity contribution in [3.8, 4) is 0 Å². The van der Waals surface area contributed by atoms with E-state index in [0.29, 0.717) is 5.57 Å². The molecule has 10 N–H and O–H groups in total. The van der Waals surface area contributed by atoms with E-state index in [-0.39, 0.29) is 64.6 Å². The van der Waals surface area contributed by atoms with Crippen LogP contribution in [-0.4, -0.2) is 136 Å². The van der Waals surface area contributed by atoms with E-state index in [1.807, 2.05) is 13.8 Å². The molecule has 0 bridgehead atoms. The summed E-state index contributed by atoms with van der Waals surface area (Å²) >= 11 is 1.04. The number of esters is 1. The molecule has 62 heavy (non-hydrogen) atoms. The Morgan fingerprint density at radius 3 is 2.37 bits per heavy atom. The number of fused-ring (bicyclic) bond motifs is 1. The summed E-state index contributed by atoms with van der Waals surface area (Å²) in [5, 5.41) is 26.4. The number of methoxy groups -OCH3 is 1. The first-order valence-electron chi connectivity index (χ1n) is 18.4. The Bertz CT molecular complexity index is 2170. The Morgan fingerprint density at radius 2 is 1.73 bits per heavy atom. The first kappa shape index (κ1) is 51.4. The van der Waals surface area contributed by atoms with Crippen LogP contribution in [0.4, 0.5) is 5.82 Å². The maximum atomic E-state index is 12.8. The molecule has 2 amide bonds. The van der Waals surface area contributed by atoms with Crippen LogP contribution in [0.25, 0.3) is 11.2 Å². The number of carbonyl (C=O) groups excluding carboxylic acids is 4. The van der Waals surface area contributed by atoms with Gasteiger partial charge >= 0.3 is 29.4 Å². The van der Waals surface area contributed by atoms with Gasteiger partial charge in [-0.2, -0.15) is 4.31 Å². The van der Waals surface area contributed by atoms with Gasteiger partial charge in [-0.1, -0.05) is 45.5 Å². The van der Waals surface area contributed by atoms with Crippen LogP contribution in [0.3, 0.4) is 0 Å². The number of rotatable bonds is 22. The van der Waals surface area contributed by atoms with Gasteiger partial charge in [0.25, 0.3) is 0 Å². The first-order chi connectivity index (χ1) is 28.6. The van der Waals surface area contributed by atoms with Gasteiger partial charge in [-0.25, -0.2) is 33.4 Å². The smallest absolute Gasteiger partial charge is 0.466 e. The number of hydrogen-bond acceptors (Lipinski definition) is 20. The quantitative estimate of drug-likeness (QED) is 0.0326. The third kappa shape index (κ3) is 13.4. The fourth-order valence-electron chi connectivity index (χ4n) is 6.31. The lowest BCUT2D eigenvalue weighted by atomic mass is 9.87. The summed E-state index contributed by atoms with van der Waals surface area (Å²) in [6.07, 6.45) is -5.31. The summed E-state index contributed by atoms with van der Waals surface area (Å²) in [5.74, 6) is -2.16. The van der Waals surface area contributed by atoms with Gasteiger partial charge in [-0.15, -0.1) is 0 Å². The SMILES string of the molecule is COC(=O)/C(C)=C/[C@@H]1[C@@H](C(=O)SCCNC(=O)CCNC(=O)[C@H](O)C(C)(C)COP(=O)(O)OP(=O)(O)OC[C@H]2O[C@@H](n3cnc4c(N)ncnc43)[C@H](O)[C@@H]2OP(=O)(O)O)C1(C)C. The Kier molecular flexibility index (Phi) is 16.8. The third-order valence-corrected chi connectivity index (χ3v) is 13.9. The van der Waals surface area contributed by atoms with Crippen LogP contribution in [0.1, 0.15) is 47.3 Å². The number of phosphoric acid groups is 3. The van der Waals surface area contributed by atoms with Gasteiger partial charge in [0.2, 0.25) is 11.8 Å². The normalized spacial score (nSPS) is 25.1. The van der Waals surface area contributed by atoms with Gasteiger partial charge < -0.3 is 55.6 Å². The van der Waals surface area contributed by atoms with E-state index in [4.69, 9.17) is 24.3 Å². The second-order valence-electron chi connectivity index (χ2n) is 15.4. The predicted octanol–water partition coefficient (Wildman–Crippen LogP) is 0.0562. The third-order valence-electron chi connectivity index (χ3n) is 9.85. The second-order valence-corrected chi connectivity index (χ2v) is 20.7. The van der Waals surface area contributed by atoms with Crippen molar-refractivity contribution in [3.63, 3.8) is 0 Å². The van der Waals surface area contributed by atoms with Gasteiger partial charge in [0.05, 0.1) is 26.7 Å². The second kappa shape index (κ2) is 20.3. The van der Waals surface area contributed by atoms with Crippen molar-refractivity contribution in [3.05, 3.63) is 24.3 Å². The number of nitrogens with one attached hydrogen (secondary N) is 2. The number of aliphatic hydroxyl groups excluding tert-OH is 2. The van der Waals surface area contributed by atoms with E-state index < -0.39 is 90.5 Å². The summed E-state index contributed by atoms with van der Waals surface area (Å²) in [6.45, 7) is 5.79. The highest BCUT2D eigenvalue weighted by Gasteiger charge is 2.60. The Balaban J connectivity index is 1.20. The highest BCUT2D eigenvalue weighted by atomic mass is 32.2. The molecule has 2 aromatic rings. The standard InChI is InChI=1S/C32H50N7O19P3S/c1-16(29(44)53-6)11-17-20(32(17,4)5)30(45)62-10-9-34-19(40)7-8-35-27(43)24(42)31(2,3)13-55-61(51,52)58-60(49,50)54-12-18-23(57-59(46,47)48)22(41)28(56-18)39-15-38-21-25(33)36-14-37-26(21)39/h11,14-15,17-18,20,22-24,28,41-42H,7-10,12-13H2,1-6H3,(H,34,40)(H,35,43)(H,49,50)(H,51,52)(H2,33,36,37)(H2,46,47,48)/b16-11+/t17-,18-,20+,22-,23-,24+,28-/m1/s1. The van der Waals surface area contributed by atoms with Crippen LogP contribution in [-0.2, 0) is 60.2 Å². The number of imidazole rings is 1. The summed E-state index contributed by atoms with van der Waals surface area (Å²) in [4.78, 5) is 101. The minimum atomic E-state index is -5.59. The molecule has 30 heteroatoms. The number of amides is 2. The van der Waals surface area contributed by atoms with Crippen molar-refractivity contribution in [2.24, 2.45) is 22.7 Å². The van der Waals surface area contributed by atoms with E-state index in [0.717, 1.165) is 29.0 Å². The zero-order valence-corrected chi connectivity index (χ0v) is 37.6. The molecule has 1 saturated heterocycles. The maximum absolute atomic E-state index is 12.8. The summed E-state index contributed by atoms with van der Waals surface area (Å²) < 4.78 is 67.0. The highest BCUT2D eigenvalue weighted by molar-refractivity contribution is 8.13. The first-order valence-corrected chi connectivity index (χ1v) is 23.9. The zero-order chi connectivity index (χ0) is 46.6. The number of ether oxygens (including phenoxy) is 2. The van der Waals surface area contributed by atoms with Crippen molar-refractivity contribution >= 4 is 75.1 Å². The molecule has 2 aliphatic rings. The van der Waals surface area contributed by atoms with Crippen LogP contribution in [0.15, 0.2) is 24.3 Å². The van der Waals surface area contributed by atoms with E-state index in [2.05, 4.69) is 34.4 Å². The molecule has 2 unspecified atom stereocenters. The summed E-state index contributed by atoms with van der Waals surface area (Å²) in [6, 6.07) is 0. The number of nitrogen functional groups attached to an aromatic ring is 1. The van der Waals surface area contributed by atoms with Gasteiger partial charge in [-0.3, -0.25) is 32.5 Å². The van der Waals surface area contributed by atoms with E-state index in [1.165, 1.54) is 21.0 Å². The summed E-state index contributed by atoms with van der Waals surface area (Å²) in [5.41, 5.74) is 4.30. The number of hydrogen-bond donors (Lipinski definition) is 9. The Labute approximate surface area is 358 Å². The molecule has 0 spiro atoms. The zero-order valence-electron chi connectivity index (χ0n) is 34.1. The summed E-state index contributed by atoms with van der Waals surface area (Å²) in [7, 11) is -15.2. The van der Waals surface area contributed by atoms with E-state index in [9.17, 15) is 62.7 Å². The number of allylic oxidation sites excluding steroid dienone is 1. The number of thioether (sulfide) groups is 1. The van der Waals surface area contributed by atoms with Crippen LogP contribution in [0, 0.1) is 22.7 Å². The molecule has 1 saturated carbocycles.